The summed E-state index contributed by atoms with van der Waals surface area (Å²) in [6.07, 6.45) is 5.10. The molecule has 0 aromatic carbocycles. The maximum Gasteiger partial charge on any atom is 0.0256 e. The Bertz CT molecular complexity index is 277. The molecule has 1 heterocycles. The van der Waals surface area contributed by atoms with E-state index in [4.69, 9.17) is 5.73 Å². The zero-order valence-corrected chi connectivity index (χ0v) is 12.7. The van der Waals surface area contributed by atoms with Gasteiger partial charge in [0.1, 0.15) is 0 Å². The summed E-state index contributed by atoms with van der Waals surface area (Å²) in [5.41, 5.74) is 6.86. The Labute approximate surface area is 113 Å². The minimum atomic E-state index is 0.321. The van der Waals surface area contributed by atoms with Gasteiger partial charge in [0, 0.05) is 31.2 Å². The van der Waals surface area contributed by atoms with Crippen molar-refractivity contribution in [3.05, 3.63) is 0 Å². The van der Waals surface area contributed by atoms with E-state index in [0.29, 0.717) is 23.5 Å². The first-order chi connectivity index (χ1) is 8.45. The van der Waals surface area contributed by atoms with Crippen LogP contribution in [0.1, 0.15) is 46.5 Å². The molecule has 3 atom stereocenters. The standard InChI is InChI=1S/C15H31N3/c1-5-12-11-17(4)9-6-10-18(12)13-7-8-15(2,3)14(13)16/h12-14H,5-11,16H2,1-4H3. The fourth-order valence-corrected chi connectivity index (χ4v) is 3.82. The fourth-order valence-electron chi connectivity index (χ4n) is 3.82. The summed E-state index contributed by atoms with van der Waals surface area (Å²) in [5.74, 6) is 0. The van der Waals surface area contributed by atoms with E-state index >= 15 is 0 Å². The van der Waals surface area contributed by atoms with E-state index in [0.717, 1.165) is 0 Å². The number of likely N-dealkylation sites (N-methyl/N-ethyl adjacent to an activating group) is 1. The largest absolute Gasteiger partial charge is 0.326 e. The van der Waals surface area contributed by atoms with Gasteiger partial charge >= 0.3 is 0 Å². The third-order valence-corrected chi connectivity index (χ3v) is 5.25. The highest BCUT2D eigenvalue weighted by molar-refractivity contribution is 5.01. The monoisotopic (exact) mass is 253 g/mol. The van der Waals surface area contributed by atoms with Gasteiger partial charge in [-0.1, -0.05) is 20.8 Å². The normalized spacial score (nSPS) is 38.8. The van der Waals surface area contributed by atoms with Crippen LogP contribution in [-0.4, -0.2) is 54.6 Å². The Kier molecular flexibility index (Phi) is 4.35. The van der Waals surface area contributed by atoms with E-state index in [-0.39, 0.29) is 0 Å². The first-order valence-electron chi connectivity index (χ1n) is 7.65. The second kappa shape index (κ2) is 5.48. The van der Waals surface area contributed by atoms with E-state index in [1.807, 2.05) is 0 Å². The lowest BCUT2D eigenvalue weighted by molar-refractivity contribution is 0.109. The second-order valence-electron chi connectivity index (χ2n) is 7.04. The Balaban J connectivity index is 2.10. The molecule has 18 heavy (non-hydrogen) atoms. The van der Waals surface area contributed by atoms with Crippen LogP contribution in [0.15, 0.2) is 0 Å². The van der Waals surface area contributed by atoms with E-state index in [1.54, 1.807) is 0 Å². The number of hydrogen-bond acceptors (Lipinski definition) is 3. The predicted molar refractivity (Wildman–Crippen MR) is 77.7 cm³/mol. The summed E-state index contributed by atoms with van der Waals surface area (Å²) in [6.45, 7) is 10.7. The SMILES string of the molecule is CCC1CN(C)CCCN1C1CCC(C)(C)C1N. The van der Waals surface area contributed by atoms with Gasteiger partial charge in [0.25, 0.3) is 0 Å². The third kappa shape index (κ3) is 2.73. The van der Waals surface area contributed by atoms with Crippen molar-refractivity contribution in [2.45, 2.75) is 64.6 Å². The van der Waals surface area contributed by atoms with E-state index in [9.17, 15) is 0 Å². The van der Waals surface area contributed by atoms with Crippen molar-refractivity contribution in [3.8, 4) is 0 Å². The topological polar surface area (TPSA) is 32.5 Å². The summed E-state index contributed by atoms with van der Waals surface area (Å²) < 4.78 is 0. The third-order valence-electron chi connectivity index (χ3n) is 5.25. The van der Waals surface area contributed by atoms with E-state index in [1.165, 1.54) is 45.3 Å². The average Bonchev–Trinajstić information content (AvgIpc) is 2.51. The molecule has 3 heteroatoms. The Hall–Kier alpha value is -0.120. The molecule has 2 fully saturated rings. The quantitative estimate of drug-likeness (QED) is 0.816. The molecule has 0 aromatic heterocycles. The summed E-state index contributed by atoms with van der Waals surface area (Å²) in [7, 11) is 2.25. The number of rotatable bonds is 2. The Morgan fingerprint density at radius 2 is 2.00 bits per heavy atom. The fraction of sp³-hybridized carbons (Fsp3) is 1.00. The van der Waals surface area contributed by atoms with Crippen molar-refractivity contribution in [1.82, 2.24) is 9.80 Å². The molecule has 0 bridgehead atoms. The lowest BCUT2D eigenvalue weighted by atomic mass is 9.87. The van der Waals surface area contributed by atoms with Crippen molar-refractivity contribution in [1.29, 1.82) is 0 Å². The molecule has 0 amide bonds. The van der Waals surface area contributed by atoms with E-state index in [2.05, 4.69) is 37.6 Å². The predicted octanol–water partition coefficient (Wildman–Crippen LogP) is 1.92. The average molecular weight is 253 g/mol. The van der Waals surface area contributed by atoms with Crippen LogP contribution in [0.25, 0.3) is 0 Å². The van der Waals surface area contributed by atoms with Crippen LogP contribution in [0.2, 0.25) is 0 Å². The smallest absolute Gasteiger partial charge is 0.0256 e. The van der Waals surface area contributed by atoms with Crippen molar-refractivity contribution in [2.75, 3.05) is 26.7 Å². The van der Waals surface area contributed by atoms with Gasteiger partial charge in [-0.2, -0.15) is 0 Å². The molecular weight excluding hydrogens is 222 g/mol. The van der Waals surface area contributed by atoms with Crippen molar-refractivity contribution < 1.29 is 0 Å². The number of nitrogens with zero attached hydrogens (tertiary/aromatic N) is 2. The van der Waals surface area contributed by atoms with Crippen LogP contribution in [0.5, 0.6) is 0 Å². The molecule has 0 radical (unpaired) electrons. The van der Waals surface area contributed by atoms with Crippen LogP contribution in [-0.2, 0) is 0 Å². The number of hydrogen-bond donors (Lipinski definition) is 1. The van der Waals surface area contributed by atoms with Gasteiger partial charge in [-0.05, 0) is 44.7 Å². The highest BCUT2D eigenvalue weighted by Crippen LogP contribution is 2.39. The van der Waals surface area contributed by atoms with Crippen LogP contribution in [0.3, 0.4) is 0 Å². The van der Waals surface area contributed by atoms with Gasteiger partial charge in [0.05, 0.1) is 0 Å². The highest BCUT2D eigenvalue weighted by Gasteiger charge is 2.43. The number of nitrogens with two attached hydrogens (primary N) is 1. The van der Waals surface area contributed by atoms with Crippen LogP contribution in [0, 0.1) is 5.41 Å². The van der Waals surface area contributed by atoms with Crippen LogP contribution < -0.4 is 5.73 Å². The van der Waals surface area contributed by atoms with Crippen LogP contribution in [0.4, 0.5) is 0 Å². The molecule has 3 nitrogen and oxygen atoms in total. The zero-order valence-electron chi connectivity index (χ0n) is 12.7. The molecular formula is C15H31N3. The molecule has 2 aliphatic rings. The van der Waals surface area contributed by atoms with Crippen molar-refractivity contribution in [3.63, 3.8) is 0 Å². The minimum Gasteiger partial charge on any atom is -0.326 e. The first-order valence-corrected chi connectivity index (χ1v) is 7.65. The maximum absolute atomic E-state index is 6.53. The van der Waals surface area contributed by atoms with Gasteiger partial charge in [-0.3, -0.25) is 4.90 Å². The molecule has 106 valence electrons. The molecule has 2 rings (SSSR count). The van der Waals surface area contributed by atoms with Gasteiger partial charge < -0.3 is 10.6 Å². The van der Waals surface area contributed by atoms with Gasteiger partial charge in [0.15, 0.2) is 0 Å². The molecule has 1 saturated heterocycles. The maximum atomic E-state index is 6.53. The molecule has 0 spiro atoms. The van der Waals surface area contributed by atoms with E-state index < -0.39 is 0 Å². The summed E-state index contributed by atoms with van der Waals surface area (Å²) in [5, 5.41) is 0. The summed E-state index contributed by atoms with van der Waals surface area (Å²) in [6, 6.07) is 1.65. The Morgan fingerprint density at radius 1 is 1.28 bits per heavy atom. The lowest BCUT2D eigenvalue weighted by Crippen LogP contribution is -2.53. The second-order valence-corrected chi connectivity index (χ2v) is 7.04. The first kappa shape index (κ1) is 14.3. The zero-order chi connectivity index (χ0) is 13.3. The van der Waals surface area contributed by atoms with Gasteiger partial charge in [-0.25, -0.2) is 0 Å². The molecule has 1 aliphatic heterocycles. The van der Waals surface area contributed by atoms with Crippen molar-refractivity contribution in [2.24, 2.45) is 11.1 Å². The molecule has 3 unspecified atom stereocenters. The van der Waals surface area contributed by atoms with Crippen molar-refractivity contribution >= 4 is 0 Å². The lowest BCUT2D eigenvalue weighted by Gasteiger charge is -2.39. The molecule has 1 saturated carbocycles. The summed E-state index contributed by atoms with van der Waals surface area (Å²) >= 11 is 0. The highest BCUT2D eigenvalue weighted by atomic mass is 15.3. The molecule has 2 N–H and O–H groups in total. The van der Waals surface area contributed by atoms with Gasteiger partial charge in [-0.15, -0.1) is 0 Å². The van der Waals surface area contributed by atoms with Gasteiger partial charge in [0.2, 0.25) is 0 Å². The minimum absolute atomic E-state index is 0.321. The molecule has 1 aliphatic carbocycles. The van der Waals surface area contributed by atoms with Crippen LogP contribution >= 0.6 is 0 Å². The summed E-state index contributed by atoms with van der Waals surface area (Å²) in [4.78, 5) is 5.22. The molecule has 0 aromatic rings. The Morgan fingerprint density at radius 3 is 2.56 bits per heavy atom.